The number of carbonyl (C=O) groups is 1. The molecule has 1 aromatic rings. The number of amides is 1. The molecular formula is C12H16N4O7S. The second kappa shape index (κ2) is 6.98. The number of morpholine rings is 1. The smallest absolute Gasteiger partial charge is 0.407 e. The summed E-state index contributed by atoms with van der Waals surface area (Å²) in [6, 6.07) is 2.68. The zero-order valence-electron chi connectivity index (χ0n) is 12.4. The summed E-state index contributed by atoms with van der Waals surface area (Å²) in [6.45, 7) is 0.713. The van der Waals surface area contributed by atoms with Gasteiger partial charge in [-0.15, -0.1) is 0 Å². The Hall–Kier alpha value is -2.44. The summed E-state index contributed by atoms with van der Waals surface area (Å²) >= 11 is 0. The summed E-state index contributed by atoms with van der Waals surface area (Å²) in [6.07, 6.45) is -1.11. The van der Waals surface area contributed by atoms with Crippen molar-refractivity contribution in [1.29, 1.82) is 0 Å². The lowest BCUT2D eigenvalue weighted by atomic mass is 10.2. The van der Waals surface area contributed by atoms with E-state index in [9.17, 15) is 23.3 Å². The van der Waals surface area contributed by atoms with Gasteiger partial charge in [-0.1, -0.05) is 0 Å². The van der Waals surface area contributed by atoms with Gasteiger partial charge in [-0.25, -0.2) is 18.4 Å². The Balaban J connectivity index is 2.20. The third kappa shape index (κ3) is 4.10. The summed E-state index contributed by atoms with van der Waals surface area (Å²) in [5.41, 5.74) is -0.413. The summed E-state index contributed by atoms with van der Waals surface area (Å²) in [5, 5.41) is 28.0. The van der Waals surface area contributed by atoms with E-state index in [2.05, 4.69) is 5.32 Å². The van der Waals surface area contributed by atoms with Crippen LogP contribution in [0.5, 0.6) is 0 Å². The van der Waals surface area contributed by atoms with Gasteiger partial charge in [0.15, 0.2) is 0 Å². The molecule has 1 fully saturated rings. The summed E-state index contributed by atoms with van der Waals surface area (Å²) in [5.74, 6) is 0. The summed E-state index contributed by atoms with van der Waals surface area (Å²) in [4.78, 5) is 22.3. The molecule has 1 aliphatic heterocycles. The van der Waals surface area contributed by atoms with Crippen molar-refractivity contribution in [1.82, 2.24) is 4.90 Å². The van der Waals surface area contributed by atoms with E-state index in [4.69, 9.17) is 15.0 Å². The van der Waals surface area contributed by atoms with Crippen LogP contribution in [0.1, 0.15) is 0 Å². The second-order valence-electron chi connectivity index (χ2n) is 5.07. The molecule has 11 nitrogen and oxygen atoms in total. The number of sulfonamides is 1. The van der Waals surface area contributed by atoms with Gasteiger partial charge in [0.1, 0.15) is 5.69 Å². The number of anilines is 1. The lowest BCUT2D eigenvalue weighted by molar-refractivity contribution is -0.384. The highest BCUT2D eigenvalue weighted by Gasteiger charge is 2.28. The van der Waals surface area contributed by atoms with E-state index in [1.165, 1.54) is 11.0 Å². The minimum absolute atomic E-state index is 0.0586. The van der Waals surface area contributed by atoms with Crippen LogP contribution < -0.4 is 10.5 Å². The first-order valence-corrected chi connectivity index (χ1v) is 8.37. The van der Waals surface area contributed by atoms with Crippen molar-refractivity contribution in [3.8, 4) is 0 Å². The van der Waals surface area contributed by atoms with Gasteiger partial charge >= 0.3 is 6.09 Å². The molecule has 0 aromatic heterocycles. The van der Waals surface area contributed by atoms with Crippen LogP contribution in [0.2, 0.25) is 0 Å². The van der Waals surface area contributed by atoms with Gasteiger partial charge in [0.25, 0.3) is 5.69 Å². The van der Waals surface area contributed by atoms with Crippen LogP contribution in [0.15, 0.2) is 23.1 Å². The van der Waals surface area contributed by atoms with Gasteiger partial charge in [-0.3, -0.25) is 15.0 Å². The molecule has 132 valence electrons. The Bertz CT molecular complexity index is 752. The number of nitrogens with two attached hydrogens (primary N) is 1. The average Bonchev–Trinajstić information content (AvgIpc) is 2.51. The second-order valence-corrected chi connectivity index (χ2v) is 6.63. The minimum atomic E-state index is -4.07. The first-order chi connectivity index (χ1) is 11.2. The monoisotopic (exact) mass is 360 g/mol. The standard InChI is InChI=1S/C12H16N4O7S/c13-24(21,22)9-1-2-10(11(5-9)16(19)20)14-6-8-7-23-4-3-15(8)12(17)18/h1-2,5,8,14H,3-4,6-7H2,(H,17,18)(H2,13,21,22). The molecule has 1 amide bonds. The molecular weight excluding hydrogens is 344 g/mol. The van der Waals surface area contributed by atoms with Crippen LogP contribution in [-0.4, -0.2) is 61.8 Å². The van der Waals surface area contributed by atoms with Gasteiger partial charge in [0.05, 0.1) is 29.1 Å². The van der Waals surface area contributed by atoms with E-state index in [-0.39, 0.29) is 36.9 Å². The highest BCUT2D eigenvalue weighted by atomic mass is 32.2. The predicted octanol–water partition coefficient (Wildman–Crippen LogP) is 0.0329. The Morgan fingerprint density at radius 2 is 2.25 bits per heavy atom. The van der Waals surface area contributed by atoms with E-state index in [1.54, 1.807) is 0 Å². The maximum absolute atomic E-state index is 11.3. The molecule has 0 aliphatic carbocycles. The van der Waals surface area contributed by atoms with Gasteiger partial charge in [-0.2, -0.15) is 0 Å². The fraction of sp³-hybridized carbons (Fsp3) is 0.417. The van der Waals surface area contributed by atoms with Crippen molar-refractivity contribution in [2.75, 3.05) is 31.6 Å². The van der Waals surface area contributed by atoms with Crippen molar-refractivity contribution >= 4 is 27.5 Å². The topological polar surface area (TPSA) is 165 Å². The number of hydrogen-bond acceptors (Lipinski definition) is 7. The lowest BCUT2D eigenvalue weighted by Gasteiger charge is -2.33. The maximum atomic E-state index is 11.3. The molecule has 0 saturated carbocycles. The summed E-state index contributed by atoms with van der Waals surface area (Å²) in [7, 11) is -4.07. The van der Waals surface area contributed by atoms with Gasteiger partial charge < -0.3 is 15.2 Å². The maximum Gasteiger partial charge on any atom is 0.407 e. The van der Waals surface area contributed by atoms with Crippen LogP contribution >= 0.6 is 0 Å². The predicted molar refractivity (Wildman–Crippen MR) is 82.3 cm³/mol. The van der Waals surface area contributed by atoms with Crippen LogP contribution in [-0.2, 0) is 14.8 Å². The largest absolute Gasteiger partial charge is 0.465 e. The van der Waals surface area contributed by atoms with Crippen LogP contribution in [0.3, 0.4) is 0 Å². The Morgan fingerprint density at radius 3 is 2.83 bits per heavy atom. The first-order valence-electron chi connectivity index (χ1n) is 6.82. The molecule has 1 atom stereocenters. The fourth-order valence-corrected chi connectivity index (χ4v) is 2.83. The van der Waals surface area contributed by atoms with E-state index in [0.29, 0.717) is 0 Å². The minimum Gasteiger partial charge on any atom is -0.465 e. The van der Waals surface area contributed by atoms with Gasteiger partial charge in [0.2, 0.25) is 10.0 Å². The molecule has 2 rings (SSSR count). The van der Waals surface area contributed by atoms with E-state index < -0.39 is 32.8 Å². The quantitative estimate of drug-likeness (QED) is 0.488. The Morgan fingerprint density at radius 1 is 1.54 bits per heavy atom. The molecule has 0 spiro atoms. The van der Waals surface area contributed by atoms with Crippen molar-refractivity contribution in [3.05, 3.63) is 28.3 Å². The Kier molecular flexibility index (Phi) is 5.21. The van der Waals surface area contributed by atoms with Gasteiger partial charge in [-0.05, 0) is 12.1 Å². The first kappa shape index (κ1) is 17.9. The molecule has 0 bridgehead atoms. The van der Waals surface area contributed by atoms with E-state index in [0.717, 1.165) is 12.1 Å². The van der Waals surface area contributed by atoms with Crippen molar-refractivity contribution in [3.63, 3.8) is 0 Å². The fourth-order valence-electron chi connectivity index (χ4n) is 2.29. The third-order valence-corrected chi connectivity index (χ3v) is 4.41. The number of nitrogens with one attached hydrogen (secondary N) is 1. The number of nitro benzene ring substituents is 1. The van der Waals surface area contributed by atoms with Crippen molar-refractivity contribution < 1.29 is 28.0 Å². The molecule has 1 saturated heterocycles. The average molecular weight is 360 g/mol. The normalized spacial score (nSPS) is 18.2. The zero-order valence-corrected chi connectivity index (χ0v) is 13.2. The van der Waals surface area contributed by atoms with Crippen LogP contribution in [0.4, 0.5) is 16.2 Å². The van der Waals surface area contributed by atoms with E-state index in [1.807, 2.05) is 0 Å². The number of nitro groups is 1. The number of hydrogen-bond donors (Lipinski definition) is 3. The molecule has 1 aliphatic rings. The van der Waals surface area contributed by atoms with E-state index >= 15 is 0 Å². The number of nitrogens with zero attached hydrogens (tertiary/aromatic N) is 2. The van der Waals surface area contributed by atoms with Gasteiger partial charge in [0, 0.05) is 19.2 Å². The van der Waals surface area contributed by atoms with Crippen molar-refractivity contribution in [2.45, 2.75) is 10.9 Å². The molecule has 24 heavy (non-hydrogen) atoms. The molecule has 1 heterocycles. The number of benzene rings is 1. The molecule has 0 radical (unpaired) electrons. The number of rotatable bonds is 5. The zero-order chi connectivity index (χ0) is 17.9. The molecule has 12 heteroatoms. The highest BCUT2D eigenvalue weighted by Crippen LogP contribution is 2.27. The van der Waals surface area contributed by atoms with Crippen molar-refractivity contribution in [2.24, 2.45) is 5.14 Å². The number of primary sulfonamides is 1. The molecule has 1 aromatic carbocycles. The lowest BCUT2D eigenvalue weighted by Crippen LogP contribution is -2.51. The highest BCUT2D eigenvalue weighted by molar-refractivity contribution is 7.89. The molecule has 4 N–H and O–H groups in total. The number of ether oxygens (including phenoxy) is 1. The SMILES string of the molecule is NS(=O)(=O)c1ccc(NCC2COCCN2C(=O)O)c([N+](=O)[O-])c1. The van der Waals surface area contributed by atoms with Crippen LogP contribution in [0, 0.1) is 10.1 Å². The number of carboxylic acid groups (broad SMARTS) is 1. The molecule has 1 unspecified atom stereocenters. The Labute approximate surface area is 137 Å². The third-order valence-electron chi connectivity index (χ3n) is 3.50. The van der Waals surface area contributed by atoms with Crippen LogP contribution in [0.25, 0.3) is 0 Å². The summed E-state index contributed by atoms with van der Waals surface area (Å²) < 4.78 is 27.8.